The minimum atomic E-state index is -0.520. The fraction of sp³-hybridized carbons (Fsp3) is 0.385. The highest BCUT2D eigenvalue weighted by atomic mass is 35.5. The van der Waals surface area contributed by atoms with E-state index in [0.717, 1.165) is 18.4 Å². The van der Waals surface area contributed by atoms with Gasteiger partial charge in [0.1, 0.15) is 0 Å². The summed E-state index contributed by atoms with van der Waals surface area (Å²) < 4.78 is 5.26. The van der Waals surface area contributed by atoms with Crippen molar-refractivity contribution < 1.29 is 4.52 Å². The van der Waals surface area contributed by atoms with Gasteiger partial charge in [-0.3, -0.25) is 0 Å². The highest BCUT2D eigenvalue weighted by Gasteiger charge is 2.29. The van der Waals surface area contributed by atoms with Crippen LogP contribution in [-0.4, -0.2) is 10.1 Å². The second kappa shape index (κ2) is 5.08. The van der Waals surface area contributed by atoms with Crippen molar-refractivity contribution in [2.75, 3.05) is 0 Å². The predicted octanol–water partition coefficient (Wildman–Crippen LogP) is 3.36. The maximum absolute atomic E-state index is 6.23. The number of benzene rings is 1. The summed E-state index contributed by atoms with van der Waals surface area (Å²) in [4.78, 5) is 4.38. The third-order valence-electron chi connectivity index (χ3n) is 3.22. The summed E-state index contributed by atoms with van der Waals surface area (Å²) in [6, 6.07) is 7.26. The van der Waals surface area contributed by atoms with E-state index in [1.54, 1.807) is 12.1 Å². The van der Waals surface area contributed by atoms with Gasteiger partial charge >= 0.3 is 0 Å². The van der Waals surface area contributed by atoms with Gasteiger partial charge in [0, 0.05) is 10.6 Å². The minimum absolute atomic E-state index is 0.471. The average Bonchev–Trinajstić information content (AvgIpc) is 2.89. The Bertz CT molecular complexity index is 517. The van der Waals surface area contributed by atoms with Crippen molar-refractivity contribution in [3.05, 3.63) is 35.1 Å². The van der Waals surface area contributed by atoms with Gasteiger partial charge in [0.2, 0.25) is 0 Å². The van der Waals surface area contributed by atoms with Gasteiger partial charge in [-0.15, -0.1) is 0 Å². The fourth-order valence-corrected chi connectivity index (χ4v) is 1.83. The van der Waals surface area contributed by atoms with Gasteiger partial charge in [0.15, 0.2) is 5.82 Å². The van der Waals surface area contributed by atoms with Gasteiger partial charge in [-0.25, -0.2) is 0 Å². The van der Waals surface area contributed by atoms with Crippen molar-refractivity contribution in [3.63, 3.8) is 0 Å². The van der Waals surface area contributed by atoms with E-state index in [0.29, 0.717) is 16.7 Å². The zero-order chi connectivity index (χ0) is 13.2. The van der Waals surface area contributed by atoms with Crippen molar-refractivity contribution in [3.8, 4) is 11.5 Å². The van der Waals surface area contributed by atoms with E-state index in [9.17, 15) is 0 Å². The molecule has 0 fully saturated rings. The predicted molar refractivity (Wildman–Crippen MR) is 71.2 cm³/mol. The summed E-state index contributed by atoms with van der Waals surface area (Å²) in [5.41, 5.74) is 6.55. The first-order valence-electron chi connectivity index (χ1n) is 5.98. The van der Waals surface area contributed by atoms with Crippen LogP contribution in [0.2, 0.25) is 5.02 Å². The van der Waals surface area contributed by atoms with Gasteiger partial charge in [0.05, 0.1) is 5.54 Å². The lowest BCUT2D eigenvalue weighted by atomic mass is 9.93. The number of hydrogen-bond donors (Lipinski definition) is 1. The molecule has 0 radical (unpaired) electrons. The Balaban J connectivity index is 2.33. The number of rotatable bonds is 4. The molecular weight excluding hydrogens is 250 g/mol. The van der Waals surface area contributed by atoms with E-state index < -0.39 is 5.54 Å². The standard InChI is InChI=1S/C13H16ClN3O/c1-3-13(15,4-2)12-16-11(18-17-12)9-5-7-10(14)8-6-9/h5-8H,3-4,15H2,1-2H3. The molecule has 0 aliphatic carbocycles. The third kappa shape index (κ3) is 2.40. The van der Waals surface area contributed by atoms with Crippen LogP contribution in [0.4, 0.5) is 0 Å². The summed E-state index contributed by atoms with van der Waals surface area (Å²) in [5.74, 6) is 1.02. The molecule has 18 heavy (non-hydrogen) atoms. The SMILES string of the molecule is CCC(N)(CC)c1noc(-c2ccc(Cl)cc2)n1. The molecule has 0 aliphatic heterocycles. The van der Waals surface area contributed by atoms with Crippen molar-refractivity contribution in [2.24, 2.45) is 5.73 Å². The van der Waals surface area contributed by atoms with Crippen LogP contribution in [0.25, 0.3) is 11.5 Å². The molecule has 1 aromatic carbocycles. The highest BCUT2D eigenvalue weighted by Crippen LogP contribution is 2.26. The normalized spacial score (nSPS) is 11.8. The van der Waals surface area contributed by atoms with E-state index in [2.05, 4.69) is 10.1 Å². The molecule has 0 amide bonds. The molecule has 2 N–H and O–H groups in total. The topological polar surface area (TPSA) is 64.9 Å². The monoisotopic (exact) mass is 265 g/mol. The van der Waals surface area contributed by atoms with Crippen LogP contribution in [0.15, 0.2) is 28.8 Å². The summed E-state index contributed by atoms with van der Waals surface area (Å²) in [6.07, 6.45) is 1.53. The maximum Gasteiger partial charge on any atom is 0.257 e. The zero-order valence-electron chi connectivity index (χ0n) is 10.5. The van der Waals surface area contributed by atoms with Crippen LogP contribution in [0.5, 0.6) is 0 Å². The molecule has 1 aromatic heterocycles. The largest absolute Gasteiger partial charge is 0.334 e. The molecule has 0 atom stereocenters. The van der Waals surface area contributed by atoms with Crippen LogP contribution in [0.3, 0.4) is 0 Å². The second-order valence-electron chi connectivity index (χ2n) is 4.29. The second-order valence-corrected chi connectivity index (χ2v) is 4.73. The van der Waals surface area contributed by atoms with Crippen molar-refractivity contribution in [1.29, 1.82) is 0 Å². The number of nitrogens with zero attached hydrogens (tertiary/aromatic N) is 2. The van der Waals surface area contributed by atoms with Crippen LogP contribution >= 0.6 is 11.6 Å². The Labute approximate surface area is 111 Å². The molecule has 0 saturated heterocycles. The molecule has 1 heterocycles. The van der Waals surface area contributed by atoms with Crippen molar-refractivity contribution in [2.45, 2.75) is 32.2 Å². The number of halogens is 1. The number of hydrogen-bond acceptors (Lipinski definition) is 4. The Morgan fingerprint density at radius 3 is 2.39 bits per heavy atom. The van der Waals surface area contributed by atoms with Crippen LogP contribution in [0, 0.1) is 0 Å². The lowest BCUT2D eigenvalue weighted by molar-refractivity contribution is 0.350. The first-order valence-corrected chi connectivity index (χ1v) is 6.36. The summed E-state index contributed by atoms with van der Waals surface area (Å²) >= 11 is 5.84. The first-order chi connectivity index (χ1) is 8.59. The third-order valence-corrected chi connectivity index (χ3v) is 3.48. The molecule has 0 unspecified atom stereocenters. The summed E-state index contributed by atoms with van der Waals surface area (Å²) in [7, 11) is 0. The Morgan fingerprint density at radius 1 is 1.22 bits per heavy atom. The molecule has 2 rings (SSSR count). The summed E-state index contributed by atoms with van der Waals surface area (Å²) in [6.45, 7) is 4.03. The van der Waals surface area contributed by atoms with Crippen molar-refractivity contribution >= 4 is 11.6 Å². The fourth-order valence-electron chi connectivity index (χ4n) is 1.70. The summed E-state index contributed by atoms with van der Waals surface area (Å²) in [5, 5.41) is 4.66. The lowest BCUT2D eigenvalue weighted by Gasteiger charge is -2.21. The molecule has 0 bridgehead atoms. The lowest BCUT2D eigenvalue weighted by Crippen LogP contribution is -2.36. The molecule has 5 heteroatoms. The van der Waals surface area contributed by atoms with E-state index >= 15 is 0 Å². The Hall–Kier alpha value is -1.39. The van der Waals surface area contributed by atoms with E-state index in [4.69, 9.17) is 21.9 Å². The van der Waals surface area contributed by atoms with E-state index in [-0.39, 0.29) is 0 Å². The van der Waals surface area contributed by atoms with Gasteiger partial charge in [-0.1, -0.05) is 30.6 Å². The zero-order valence-corrected chi connectivity index (χ0v) is 11.2. The average molecular weight is 266 g/mol. The van der Waals surface area contributed by atoms with E-state index in [1.165, 1.54) is 0 Å². The molecule has 96 valence electrons. The first kappa shape index (κ1) is 13.1. The Kier molecular flexibility index (Phi) is 3.68. The minimum Gasteiger partial charge on any atom is -0.334 e. The number of aromatic nitrogens is 2. The van der Waals surface area contributed by atoms with Crippen molar-refractivity contribution in [1.82, 2.24) is 10.1 Å². The molecule has 0 saturated carbocycles. The van der Waals surface area contributed by atoms with E-state index in [1.807, 2.05) is 26.0 Å². The molecule has 2 aromatic rings. The van der Waals surface area contributed by atoms with Gasteiger partial charge in [-0.05, 0) is 37.1 Å². The molecule has 4 nitrogen and oxygen atoms in total. The van der Waals surface area contributed by atoms with Crippen LogP contribution in [-0.2, 0) is 5.54 Å². The molecular formula is C13H16ClN3O. The van der Waals surface area contributed by atoms with Gasteiger partial charge in [0.25, 0.3) is 5.89 Å². The van der Waals surface area contributed by atoms with Crippen LogP contribution in [0.1, 0.15) is 32.5 Å². The maximum atomic E-state index is 6.23. The quantitative estimate of drug-likeness (QED) is 0.921. The van der Waals surface area contributed by atoms with Crippen LogP contribution < -0.4 is 5.73 Å². The smallest absolute Gasteiger partial charge is 0.257 e. The van der Waals surface area contributed by atoms with Gasteiger partial charge < -0.3 is 10.3 Å². The van der Waals surface area contributed by atoms with Gasteiger partial charge in [-0.2, -0.15) is 4.98 Å². The molecule has 0 aliphatic rings. The Morgan fingerprint density at radius 2 is 1.83 bits per heavy atom. The number of nitrogens with two attached hydrogens (primary N) is 1. The highest BCUT2D eigenvalue weighted by molar-refractivity contribution is 6.30. The molecule has 0 spiro atoms.